The summed E-state index contributed by atoms with van der Waals surface area (Å²) in [6.07, 6.45) is 1.20. The number of nitrogens with zero attached hydrogens (tertiary/aromatic N) is 2. The van der Waals surface area contributed by atoms with Crippen molar-refractivity contribution < 1.29 is 4.79 Å². The van der Waals surface area contributed by atoms with Gasteiger partial charge >= 0.3 is 0 Å². The molecule has 0 aliphatic carbocycles. The fourth-order valence-electron chi connectivity index (χ4n) is 1.43. The number of halogens is 1. The van der Waals surface area contributed by atoms with Gasteiger partial charge in [0, 0.05) is 29.4 Å². The fourth-order valence-corrected chi connectivity index (χ4v) is 1.59. The third-order valence-electron chi connectivity index (χ3n) is 2.55. The molecule has 84 valence electrons. The van der Waals surface area contributed by atoms with Crippen LogP contribution in [0.5, 0.6) is 0 Å². The Morgan fingerprint density at radius 3 is 2.88 bits per heavy atom. The van der Waals surface area contributed by atoms with Crippen LogP contribution in [0.4, 0.5) is 5.69 Å². The van der Waals surface area contributed by atoms with Crippen molar-refractivity contribution in [3.05, 3.63) is 28.8 Å². The Balaban J connectivity index is 3.06. The molecule has 0 aliphatic heterocycles. The fraction of sp³-hybridized carbons (Fsp3) is 0.333. The van der Waals surface area contributed by atoms with Crippen LogP contribution in [0.3, 0.4) is 0 Å². The minimum atomic E-state index is 0.0437. The van der Waals surface area contributed by atoms with Gasteiger partial charge in [-0.25, -0.2) is 0 Å². The third-order valence-corrected chi connectivity index (χ3v) is 2.78. The highest BCUT2D eigenvalue weighted by Crippen LogP contribution is 2.24. The quantitative estimate of drug-likeness (QED) is 0.755. The lowest BCUT2D eigenvalue weighted by molar-refractivity contribution is 0.112. The highest BCUT2D eigenvalue weighted by molar-refractivity contribution is 6.31. The molecule has 0 bridgehead atoms. The monoisotopic (exact) mass is 236 g/mol. The molecule has 1 aromatic rings. The second kappa shape index (κ2) is 5.53. The smallest absolute Gasteiger partial charge is 0.152 e. The summed E-state index contributed by atoms with van der Waals surface area (Å²) in [7, 11) is 1.85. The molecular formula is C12H13ClN2O. The molecule has 0 saturated carbocycles. The van der Waals surface area contributed by atoms with Crippen LogP contribution in [0.1, 0.15) is 23.7 Å². The van der Waals surface area contributed by atoms with Crippen LogP contribution < -0.4 is 4.90 Å². The van der Waals surface area contributed by atoms with Gasteiger partial charge in [0.2, 0.25) is 0 Å². The van der Waals surface area contributed by atoms with Gasteiger partial charge in [-0.1, -0.05) is 11.6 Å². The van der Waals surface area contributed by atoms with E-state index in [1.807, 2.05) is 18.9 Å². The average molecular weight is 237 g/mol. The first-order chi connectivity index (χ1) is 7.60. The predicted molar refractivity (Wildman–Crippen MR) is 64.9 cm³/mol. The number of aldehydes is 1. The Bertz CT molecular complexity index is 426. The van der Waals surface area contributed by atoms with E-state index in [1.54, 1.807) is 18.2 Å². The van der Waals surface area contributed by atoms with Gasteiger partial charge in [0.25, 0.3) is 0 Å². The van der Waals surface area contributed by atoms with Gasteiger partial charge < -0.3 is 4.90 Å². The summed E-state index contributed by atoms with van der Waals surface area (Å²) < 4.78 is 0. The number of hydrogen-bond donors (Lipinski definition) is 0. The Morgan fingerprint density at radius 1 is 1.62 bits per heavy atom. The molecule has 1 atom stereocenters. The number of anilines is 1. The molecule has 0 spiro atoms. The Kier molecular flexibility index (Phi) is 4.33. The van der Waals surface area contributed by atoms with Crippen LogP contribution in [-0.2, 0) is 0 Å². The van der Waals surface area contributed by atoms with Crippen molar-refractivity contribution in [2.75, 3.05) is 11.9 Å². The van der Waals surface area contributed by atoms with Crippen molar-refractivity contribution in [1.29, 1.82) is 5.26 Å². The molecule has 0 heterocycles. The van der Waals surface area contributed by atoms with Crippen molar-refractivity contribution in [3.8, 4) is 6.07 Å². The maximum Gasteiger partial charge on any atom is 0.152 e. The Labute approximate surface area is 100 Å². The molecule has 0 aromatic heterocycles. The van der Waals surface area contributed by atoms with E-state index >= 15 is 0 Å². The van der Waals surface area contributed by atoms with Gasteiger partial charge in [-0.2, -0.15) is 5.26 Å². The van der Waals surface area contributed by atoms with E-state index in [1.165, 1.54) is 0 Å². The highest BCUT2D eigenvalue weighted by Gasteiger charge is 2.13. The molecule has 0 amide bonds. The van der Waals surface area contributed by atoms with Gasteiger partial charge in [-0.15, -0.1) is 0 Å². The molecule has 1 aromatic carbocycles. The highest BCUT2D eigenvalue weighted by atomic mass is 35.5. The molecular weight excluding hydrogens is 224 g/mol. The topological polar surface area (TPSA) is 44.1 Å². The zero-order valence-corrected chi connectivity index (χ0v) is 10.0. The molecule has 1 unspecified atom stereocenters. The first kappa shape index (κ1) is 12.5. The molecule has 0 radical (unpaired) electrons. The van der Waals surface area contributed by atoms with Crippen LogP contribution in [0.2, 0.25) is 5.02 Å². The van der Waals surface area contributed by atoms with Crippen LogP contribution in [0.15, 0.2) is 18.2 Å². The molecule has 0 saturated heterocycles. The first-order valence-corrected chi connectivity index (χ1v) is 5.32. The summed E-state index contributed by atoms with van der Waals surface area (Å²) in [6.45, 7) is 1.93. The molecule has 0 N–H and O–H groups in total. The molecule has 3 nitrogen and oxygen atoms in total. The van der Waals surface area contributed by atoms with Crippen molar-refractivity contribution in [3.63, 3.8) is 0 Å². The number of hydrogen-bond acceptors (Lipinski definition) is 3. The maximum absolute atomic E-state index is 10.9. The summed E-state index contributed by atoms with van der Waals surface area (Å²) >= 11 is 5.89. The Hall–Kier alpha value is -1.53. The van der Waals surface area contributed by atoms with Crippen LogP contribution in [0.25, 0.3) is 0 Å². The van der Waals surface area contributed by atoms with Crippen molar-refractivity contribution in [2.45, 2.75) is 19.4 Å². The van der Waals surface area contributed by atoms with E-state index in [0.717, 1.165) is 12.0 Å². The lowest BCUT2D eigenvalue weighted by Crippen LogP contribution is -2.29. The molecule has 0 aliphatic rings. The van der Waals surface area contributed by atoms with E-state index in [0.29, 0.717) is 17.0 Å². The van der Waals surface area contributed by atoms with Crippen LogP contribution in [-0.4, -0.2) is 19.4 Å². The normalized spacial score (nSPS) is 11.6. The number of nitriles is 1. The number of carbonyl (C=O) groups is 1. The SMILES string of the molecule is CC(CC#N)N(C)c1cc(Cl)ccc1C=O. The number of benzene rings is 1. The van der Waals surface area contributed by atoms with Gasteiger partial charge in [-0.05, 0) is 25.1 Å². The zero-order chi connectivity index (χ0) is 12.1. The van der Waals surface area contributed by atoms with Gasteiger partial charge in [-0.3, -0.25) is 4.79 Å². The summed E-state index contributed by atoms with van der Waals surface area (Å²) in [5.41, 5.74) is 1.34. The summed E-state index contributed by atoms with van der Waals surface area (Å²) in [5.74, 6) is 0. The van der Waals surface area contributed by atoms with Gasteiger partial charge in [0.1, 0.15) is 0 Å². The zero-order valence-electron chi connectivity index (χ0n) is 9.27. The lowest BCUT2D eigenvalue weighted by Gasteiger charge is -2.26. The van der Waals surface area contributed by atoms with Gasteiger partial charge in [0.15, 0.2) is 6.29 Å². The minimum Gasteiger partial charge on any atom is -0.370 e. The van der Waals surface area contributed by atoms with Crippen LogP contribution in [0, 0.1) is 11.3 Å². The Morgan fingerprint density at radius 2 is 2.31 bits per heavy atom. The molecule has 16 heavy (non-hydrogen) atoms. The molecule has 1 rings (SSSR count). The van der Waals surface area contributed by atoms with E-state index < -0.39 is 0 Å². The van der Waals surface area contributed by atoms with Crippen molar-refractivity contribution >= 4 is 23.6 Å². The summed E-state index contributed by atoms with van der Waals surface area (Å²) in [4.78, 5) is 12.8. The van der Waals surface area contributed by atoms with E-state index in [2.05, 4.69) is 6.07 Å². The van der Waals surface area contributed by atoms with E-state index in [9.17, 15) is 4.79 Å². The minimum absolute atomic E-state index is 0.0437. The van der Waals surface area contributed by atoms with Gasteiger partial charge in [0.05, 0.1) is 12.5 Å². The number of rotatable bonds is 4. The second-order valence-electron chi connectivity index (χ2n) is 3.64. The van der Waals surface area contributed by atoms with E-state index in [-0.39, 0.29) is 6.04 Å². The molecule has 4 heteroatoms. The summed E-state index contributed by atoms with van der Waals surface area (Å²) in [5, 5.41) is 9.22. The third kappa shape index (κ3) is 2.74. The predicted octanol–water partition coefficient (Wildman–Crippen LogP) is 2.89. The number of carbonyl (C=O) groups excluding carboxylic acids is 1. The molecule has 0 fully saturated rings. The largest absolute Gasteiger partial charge is 0.370 e. The first-order valence-electron chi connectivity index (χ1n) is 4.94. The maximum atomic E-state index is 10.9. The lowest BCUT2D eigenvalue weighted by atomic mass is 10.1. The van der Waals surface area contributed by atoms with Crippen LogP contribution >= 0.6 is 11.6 Å². The average Bonchev–Trinajstić information content (AvgIpc) is 2.28. The van der Waals surface area contributed by atoms with Crippen molar-refractivity contribution in [1.82, 2.24) is 0 Å². The second-order valence-corrected chi connectivity index (χ2v) is 4.08. The summed E-state index contributed by atoms with van der Waals surface area (Å²) in [6, 6.07) is 7.25. The van der Waals surface area contributed by atoms with E-state index in [4.69, 9.17) is 16.9 Å². The standard InChI is InChI=1S/C12H13ClN2O/c1-9(5-6-14)15(2)12-7-11(13)4-3-10(12)8-16/h3-4,7-9H,5H2,1-2H3. The van der Waals surface area contributed by atoms with Crippen molar-refractivity contribution in [2.24, 2.45) is 0 Å².